The molecule has 0 N–H and O–H groups in total. The highest BCUT2D eigenvalue weighted by molar-refractivity contribution is 5.91. The van der Waals surface area contributed by atoms with Crippen molar-refractivity contribution in [3.8, 4) is 17.2 Å². The molecule has 1 atom stereocenters. The summed E-state index contributed by atoms with van der Waals surface area (Å²) in [6.45, 7) is 0.600. The zero-order chi connectivity index (χ0) is 20.2. The van der Waals surface area contributed by atoms with Crippen molar-refractivity contribution in [2.45, 2.75) is 19.1 Å². The summed E-state index contributed by atoms with van der Waals surface area (Å²) >= 11 is 0. The van der Waals surface area contributed by atoms with Crippen LogP contribution in [0.4, 0.5) is 0 Å². The van der Waals surface area contributed by atoms with Crippen LogP contribution in [-0.2, 0) is 13.0 Å². The Kier molecular flexibility index (Phi) is 5.37. The highest BCUT2D eigenvalue weighted by Crippen LogP contribution is 2.28. The van der Waals surface area contributed by atoms with Crippen molar-refractivity contribution in [1.82, 2.24) is 9.88 Å². The van der Waals surface area contributed by atoms with Gasteiger partial charge in [0, 0.05) is 13.5 Å². The molecule has 3 aromatic rings. The van der Waals surface area contributed by atoms with Crippen molar-refractivity contribution in [3.05, 3.63) is 71.9 Å². The van der Waals surface area contributed by atoms with Gasteiger partial charge < -0.3 is 23.5 Å². The third kappa shape index (κ3) is 4.34. The Labute approximate surface area is 168 Å². The number of likely N-dealkylation sites (N-methyl/N-ethyl adjacent to an activating group) is 1. The van der Waals surface area contributed by atoms with Crippen LogP contribution in [0.2, 0.25) is 0 Å². The molecule has 1 amide bonds. The van der Waals surface area contributed by atoms with Gasteiger partial charge in [-0.3, -0.25) is 4.79 Å². The molecule has 2 heterocycles. The van der Waals surface area contributed by atoms with Crippen molar-refractivity contribution in [2.24, 2.45) is 0 Å². The Morgan fingerprint density at radius 1 is 1.17 bits per heavy atom. The number of rotatable bonds is 7. The number of nitrogens with zero attached hydrogens (tertiary/aromatic N) is 2. The minimum Gasteiger partial charge on any atom is -0.497 e. The first-order valence-corrected chi connectivity index (χ1v) is 9.33. The quantitative estimate of drug-likeness (QED) is 0.612. The van der Waals surface area contributed by atoms with E-state index in [9.17, 15) is 4.79 Å². The highest BCUT2D eigenvalue weighted by Gasteiger charge is 2.26. The number of benzene rings is 2. The first-order chi connectivity index (χ1) is 14.1. The van der Waals surface area contributed by atoms with Gasteiger partial charge >= 0.3 is 0 Å². The SMILES string of the molecule is COc1ccc(OCc2nc(C(=O)N(C)C[C@H]3Cc4ccccc4O3)co2)cc1. The van der Waals surface area contributed by atoms with E-state index in [1.165, 1.54) is 6.26 Å². The third-order valence-electron chi connectivity index (χ3n) is 4.73. The zero-order valence-corrected chi connectivity index (χ0v) is 16.3. The third-order valence-corrected chi connectivity index (χ3v) is 4.73. The lowest BCUT2D eigenvalue weighted by Crippen LogP contribution is -2.36. The summed E-state index contributed by atoms with van der Waals surface area (Å²) in [5.74, 6) is 2.41. The molecule has 2 aromatic carbocycles. The molecule has 0 radical (unpaired) electrons. The molecule has 1 aromatic heterocycles. The van der Waals surface area contributed by atoms with E-state index < -0.39 is 0 Å². The molecule has 150 valence electrons. The van der Waals surface area contributed by atoms with Crippen LogP contribution in [0.5, 0.6) is 17.2 Å². The van der Waals surface area contributed by atoms with Gasteiger partial charge in [0.05, 0.1) is 13.7 Å². The number of methoxy groups -OCH3 is 1. The molecule has 0 aliphatic carbocycles. The summed E-state index contributed by atoms with van der Waals surface area (Å²) < 4.78 is 22.0. The first-order valence-electron chi connectivity index (χ1n) is 9.33. The van der Waals surface area contributed by atoms with Crippen molar-refractivity contribution < 1.29 is 23.4 Å². The Morgan fingerprint density at radius 2 is 1.93 bits per heavy atom. The van der Waals surface area contributed by atoms with Crippen LogP contribution in [0.15, 0.2) is 59.2 Å². The number of hydrogen-bond donors (Lipinski definition) is 0. The molecule has 7 heteroatoms. The number of amides is 1. The lowest BCUT2D eigenvalue weighted by Gasteiger charge is -2.20. The number of fused-ring (bicyclic) bond motifs is 1. The van der Waals surface area contributed by atoms with Gasteiger partial charge in [-0.2, -0.15) is 0 Å². The van der Waals surface area contributed by atoms with Crippen molar-refractivity contribution in [2.75, 3.05) is 20.7 Å². The van der Waals surface area contributed by atoms with E-state index in [0.29, 0.717) is 18.2 Å². The van der Waals surface area contributed by atoms with Crippen LogP contribution in [0.25, 0.3) is 0 Å². The second-order valence-electron chi connectivity index (χ2n) is 6.83. The van der Waals surface area contributed by atoms with Gasteiger partial charge in [0.2, 0.25) is 5.89 Å². The summed E-state index contributed by atoms with van der Waals surface area (Å²) in [4.78, 5) is 18.5. The van der Waals surface area contributed by atoms with Crippen LogP contribution < -0.4 is 14.2 Å². The van der Waals surface area contributed by atoms with Crippen LogP contribution in [0.3, 0.4) is 0 Å². The maximum Gasteiger partial charge on any atom is 0.275 e. The molecule has 1 aliphatic heterocycles. The summed E-state index contributed by atoms with van der Waals surface area (Å²) in [7, 11) is 3.34. The number of ether oxygens (including phenoxy) is 3. The number of oxazole rings is 1. The summed E-state index contributed by atoms with van der Waals surface area (Å²) in [5, 5.41) is 0. The van der Waals surface area contributed by atoms with E-state index >= 15 is 0 Å². The van der Waals surface area contributed by atoms with Crippen molar-refractivity contribution in [1.29, 1.82) is 0 Å². The van der Waals surface area contributed by atoms with Crippen molar-refractivity contribution in [3.63, 3.8) is 0 Å². The van der Waals surface area contributed by atoms with Gasteiger partial charge in [-0.1, -0.05) is 18.2 Å². The maximum absolute atomic E-state index is 12.7. The number of para-hydroxylation sites is 1. The topological polar surface area (TPSA) is 74.0 Å². The number of carbonyl (C=O) groups excluding carboxylic acids is 1. The van der Waals surface area contributed by atoms with E-state index in [4.69, 9.17) is 18.6 Å². The fraction of sp³-hybridized carbons (Fsp3) is 0.273. The van der Waals surface area contributed by atoms with Gasteiger partial charge in [0.1, 0.15) is 29.6 Å². The van der Waals surface area contributed by atoms with Gasteiger partial charge in [-0.25, -0.2) is 4.98 Å². The standard InChI is InChI=1S/C22H22N2O5/c1-24(12-18-11-15-5-3-4-6-20(15)29-18)22(25)19-13-28-21(23-19)14-27-17-9-7-16(26-2)8-10-17/h3-10,13,18H,11-12,14H2,1-2H3/t18-/m1/s1. The van der Waals surface area contributed by atoms with E-state index in [1.54, 1.807) is 43.3 Å². The van der Waals surface area contributed by atoms with Crippen molar-refractivity contribution >= 4 is 5.91 Å². The normalized spacial score (nSPS) is 14.8. The van der Waals surface area contributed by atoms with E-state index in [2.05, 4.69) is 4.98 Å². The molecule has 0 spiro atoms. The molecule has 0 bridgehead atoms. The van der Waals surface area contributed by atoms with Crippen LogP contribution in [-0.4, -0.2) is 42.6 Å². The molecule has 0 saturated carbocycles. The molecule has 4 rings (SSSR count). The Bertz CT molecular complexity index is 958. The molecule has 0 unspecified atom stereocenters. The zero-order valence-electron chi connectivity index (χ0n) is 16.3. The van der Waals surface area contributed by atoms with Gasteiger partial charge in [0.25, 0.3) is 5.91 Å². The lowest BCUT2D eigenvalue weighted by molar-refractivity contribution is 0.0724. The van der Waals surface area contributed by atoms with Gasteiger partial charge in [0.15, 0.2) is 12.3 Å². The van der Waals surface area contributed by atoms with Gasteiger partial charge in [-0.05, 0) is 35.9 Å². The van der Waals surface area contributed by atoms with E-state index in [0.717, 1.165) is 23.5 Å². The smallest absolute Gasteiger partial charge is 0.275 e. The Balaban J connectivity index is 1.30. The summed E-state index contributed by atoms with van der Waals surface area (Å²) in [5.41, 5.74) is 1.41. The molecule has 0 fully saturated rings. The van der Waals surface area contributed by atoms with E-state index in [1.807, 2.05) is 24.3 Å². The minimum absolute atomic E-state index is 0.0638. The van der Waals surface area contributed by atoms with Crippen LogP contribution in [0.1, 0.15) is 21.9 Å². The molecule has 7 nitrogen and oxygen atoms in total. The number of hydrogen-bond acceptors (Lipinski definition) is 6. The monoisotopic (exact) mass is 394 g/mol. The fourth-order valence-electron chi connectivity index (χ4n) is 3.23. The molecule has 0 saturated heterocycles. The largest absolute Gasteiger partial charge is 0.497 e. The lowest BCUT2D eigenvalue weighted by atomic mass is 10.1. The average molecular weight is 394 g/mol. The average Bonchev–Trinajstić information content (AvgIpc) is 3.38. The van der Waals surface area contributed by atoms with Crippen LogP contribution >= 0.6 is 0 Å². The molecular formula is C22H22N2O5. The highest BCUT2D eigenvalue weighted by atomic mass is 16.5. The second kappa shape index (κ2) is 8.26. The molecule has 1 aliphatic rings. The number of carbonyl (C=O) groups is 1. The van der Waals surface area contributed by atoms with Gasteiger partial charge in [-0.15, -0.1) is 0 Å². The Morgan fingerprint density at radius 3 is 2.69 bits per heavy atom. The Hall–Kier alpha value is -3.48. The van der Waals surface area contributed by atoms with Crippen LogP contribution in [0, 0.1) is 0 Å². The predicted molar refractivity (Wildman–Crippen MR) is 105 cm³/mol. The minimum atomic E-state index is -0.219. The summed E-state index contributed by atoms with van der Waals surface area (Å²) in [6, 6.07) is 15.1. The summed E-state index contributed by atoms with van der Waals surface area (Å²) in [6.07, 6.45) is 2.08. The predicted octanol–water partition coefficient (Wildman–Crippen LogP) is 3.34. The van der Waals surface area contributed by atoms with E-state index in [-0.39, 0.29) is 24.3 Å². The maximum atomic E-state index is 12.7. The molecular weight excluding hydrogens is 372 g/mol. The fourth-order valence-corrected chi connectivity index (χ4v) is 3.23. The second-order valence-corrected chi connectivity index (χ2v) is 6.83. The first kappa shape index (κ1) is 18.9. The molecule has 29 heavy (non-hydrogen) atoms. The number of aromatic nitrogens is 1.